The van der Waals surface area contributed by atoms with Crippen LogP contribution in [0.2, 0.25) is 5.02 Å². The molecule has 1 aromatic rings. The highest BCUT2D eigenvalue weighted by Crippen LogP contribution is 2.22. The predicted molar refractivity (Wildman–Crippen MR) is 73.9 cm³/mol. The zero-order valence-corrected chi connectivity index (χ0v) is 12.1. The second-order valence-electron chi connectivity index (χ2n) is 5.35. The highest BCUT2D eigenvalue weighted by molar-refractivity contribution is 6.30. The molecule has 1 aromatic carbocycles. The maximum Gasteiger partial charge on any atom is 0.142 e. The van der Waals surface area contributed by atoms with E-state index in [0.717, 1.165) is 13.0 Å². The van der Waals surface area contributed by atoms with Crippen LogP contribution in [0.25, 0.3) is 0 Å². The Hall–Kier alpha value is -0.800. The number of hydrogen-bond acceptors (Lipinski definition) is 2. The summed E-state index contributed by atoms with van der Waals surface area (Å²) in [5.41, 5.74) is 0.0528. The fourth-order valence-electron chi connectivity index (χ4n) is 1.43. The third-order valence-electron chi connectivity index (χ3n) is 2.51. The van der Waals surface area contributed by atoms with Gasteiger partial charge >= 0.3 is 0 Å². The summed E-state index contributed by atoms with van der Waals surface area (Å²) >= 11 is 5.72. The van der Waals surface area contributed by atoms with Gasteiger partial charge in [-0.3, -0.25) is 0 Å². The maximum absolute atomic E-state index is 13.0. The number of benzene rings is 1. The summed E-state index contributed by atoms with van der Waals surface area (Å²) in [5.74, 6) is 0.175. The van der Waals surface area contributed by atoms with E-state index in [9.17, 15) is 4.39 Å². The number of halogens is 2. The number of nitrogens with one attached hydrogen (secondary N) is 1. The molecule has 0 spiro atoms. The van der Waals surface area contributed by atoms with Crippen molar-refractivity contribution in [1.29, 1.82) is 0 Å². The first kappa shape index (κ1) is 15.3. The zero-order chi connectivity index (χ0) is 13.8. The molecule has 2 nitrogen and oxygen atoms in total. The van der Waals surface area contributed by atoms with Gasteiger partial charge in [0, 0.05) is 18.2 Å². The topological polar surface area (TPSA) is 21.3 Å². The summed E-state index contributed by atoms with van der Waals surface area (Å²) in [4.78, 5) is 0. The van der Waals surface area contributed by atoms with Gasteiger partial charge < -0.3 is 10.1 Å². The van der Waals surface area contributed by atoms with Crippen LogP contribution in [-0.2, 0) is 0 Å². The molecule has 0 aromatic heterocycles. The van der Waals surface area contributed by atoms with Gasteiger partial charge in [0.15, 0.2) is 0 Å². The van der Waals surface area contributed by atoms with Crippen LogP contribution in [0, 0.1) is 5.82 Å². The summed E-state index contributed by atoms with van der Waals surface area (Å²) in [7, 11) is 0. The normalized spacial score (nSPS) is 13.4. The Kier molecular flexibility index (Phi) is 5.42. The van der Waals surface area contributed by atoms with E-state index in [1.807, 2.05) is 0 Å². The zero-order valence-electron chi connectivity index (χ0n) is 11.4. The number of ether oxygens (including phenoxy) is 1. The number of rotatable bonds is 5. The second kappa shape index (κ2) is 6.39. The van der Waals surface area contributed by atoms with Crippen LogP contribution in [0.1, 0.15) is 34.1 Å². The summed E-state index contributed by atoms with van der Waals surface area (Å²) in [6.07, 6.45) is 0.920. The van der Waals surface area contributed by atoms with E-state index in [0.29, 0.717) is 5.75 Å². The Balaban J connectivity index is 2.59. The van der Waals surface area contributed by atoms with Crippen LogP contribution in [-0.4, -0.2) is 18.2 Å². The van der Waals surface area contributed by atoms with E-state index in [1.54, 1.807) is 6.07 Å². The van der Waals surface area contributed by atoms with Crippen molar-refractivity contribution in [2.45, 2.75) is 45.8 Å². The van der Waals surface area contributed by atoms with Gasteiger partial charge in [0.25, 0.3) is 0 Å². The summed E-state index contributed by atoms with van der Waals surface area (Å²) in [6, 6.07) is 4.43. The highest BCUT2D eigenvalue weighted by Gasteiger charge is 2.14. The molecule has 102 valence electrons. The molecule has 0 aliphatic heterocycles. The molecular weight excluding hydrogens is 253 g/mol. The molecule has 1 rings (SSSR count). The largest absolute Gasteiger partial charge is 0.489 e. The molecule has 0 aliphatic carbocycles. The number of hydrogen-bond donors (Lipinski definition) is 1. The maximum atomic E-state index is 13.0. The van der Waals surface area contributed by atoms with Crippen LogP contribution in [0.15, 0.2) is 18.2 Å². The minimum Gasteiger partial charge on any atom is -0.489 e. The quantitative estimate of drug-likeness (QED) is 0.875. The molecule has 0 radical (unpaired) electrons. The van der Waals surface area contributed by atoms with Gasteiger partial charge in [-0.1, -0.05) is 18.5 Å². The lowest BCUT2D eigenvalue weighted by Crippen LogP contribution is -2.42. The van der Waals surface area contributed by atoms with Gasteiger partial charge in [0.1, 0.15) is 17.7 Å². The predicted octanol–water partition coefficient (Wildman–Crippen LogP) is 4.02. The smallest absolute Gasteiger partial charge is 0.142 e. The summed E-state index contributed by atoms with van der Waals surface area (Å²) < 4.78 is 18.8. The molecular formula is C14H21ClFNO. The van der Waals surface area contributed by atoms with Crippen molar-refractivity contribution >= 4 is 11.6 Å². The van der Waals surface area contributed by atoms with Crippen molar-refractivity contribution in [3.63, 3.8) is 0 Å². The van der Waals surface area contributed by atoms with Gasteiger partial charge in [-0.05, 0) is 39.3 Å². The molecule has 0 saturated heterocycles. The molecule has 18 heavy (non-hydrogen) atoms. The van der Waals surface area contributed by atoms with E-state index in [-0.39, 0.29) is 16.7 Å². The van der Waals surface area contributed by atoms with Crippen molar-refractivity contribution < 1.29 is 9.13 Å². The fourth-order valence-corrected chi connectivity index (χ4v) is 1.60. The fraction of sp³-hybridized carbons (Fsp3) is 0.571. The van der Waals surface area contributed by atoms with Crippen molar-refractivity contribution in [2.24, 2.45) is 0 Å². The third-order valence-corrected chi connectivity index (χ3v) is 2.80. The van der Waals surface area contributed by atoms with E-state index < -0.39 is 5.82 Å². The average Bonchev–Trinajstić information content (AvgIpc) is 2.28. The van der Waals surface area contributed by atoms with E-state index in [2.05, 4.69) is 33.0 Å². The van der Waals surface area contributed by atoms with Gasteiger partial charge in [0.2, 0.25) is 0 Å². The average molecular weight is 274 g/mol. The van der Waals surface area contributed by atoms with Gasteiger partial charge in [-0.15, -0.1) is 0 Å². The molecule has 4 heteroatoms. The van der Waals surface area contributed by atoms with Crippen molar-refractivity contribution in [1.82, 2.24) is 5.32 Å². The minimum atomic E-state index is -0.426. The van der Waals surface area contributed by atoms with E-state index in [4.69, 9.17) is 16.3 Å². The molecule has 0 aliphatic rings. The summed E-state index contributed by atoms with van der Waals surface area (Å²) in [6.45, 7) is 9.12. The van der Waals surface area contributed by atoms with Crippen LogP contribution in [0.4, 0.5) is 4.39 Å². The molecule has 0 bridgehead atoms. The van der Waals surface area contributed by atoms with Crippen molar-refractivity contribution in [2.75, 3.05) is 6.54 Å². The lowest BCUT2D eigenvalue weighted by atomic mass is 10.1. The van der Waals surface area contributed by atoms with E-state index >= 15 is 0 Å². The van der Waals surface area contributed by atoms with Crippen LogP contribution in [0.5, 0.6) is 5.75 Å². The molecule has 1 unspecified atom stereocenters. The van der Waals surface area contributed by atoms with Gasteiger partial charge in [0.05, 0.1) is 5.02 Å². The SMILES string of the molecule is CCC(CNC(C)(C)C)Oc1ccc(F)c(Cl)c1. The summed E-state index contributed by atoms with van der Waals surface area (Å²) in [5, 5.41) is 3.48. The Bertz CT molecular complexity index is 390. The molecule has 1 N–H and O–H groups in total. The first-order valence-corrected chi connectivity index (χ1v) is 6.56. The Morgan fingerprint density at radius 1 is 1.39 bits per heavy atom. The van der Waals surface area contributed by atoms with Crippen LogP contribution >= 0.6 is 11.6 Å². The molecule has 0 amide bonds. The highest BCUT2D eigenvalue weighted by atomic mass is 35.5. The first-order chi connectivity index (χ1) is 8.31. The van der Waals surface area contributed by atoms with E-state index in [1.165, 1.54) is 12.1 Å². The molecule has 0 saturated carbocycles. The first-order valence-electron chi connectivity index (χ1n) is 6.18. The van der Waals surface area contributed by atoms with Crippen LogP contribution in [0.3, 0.4) is 0 Å². The standard InChI is InChI=1S/C14H21ClFNO/c1-5-10(9-17-14(2,3)4)18-11-6-7-13(16)12(15)8-11/h6-8,10,17H,5,9H2,1-4H3. The van der Waals surface area contributed by atoms with Gasteiger partial charge in [-0.2, -0.15) is 0 Å². The minimum absolute atomic E-state index is 0.0470. The Labute approximate surface area is 113 Å². The monoisotopic (exact) mass is 273 g/mol. The Morgan fingerprint density at radius 2 is 2.06 bits per heavy atom. The van der Waals surface area contributed by atoms with Crippen molar-refractivity contribution in [3.8, 4) is 5.75 Å². The van der Waals surface area contributed by atoms with Crippen molar-refractivity contribution in [3.05, 3.63) is 29.0 Å². The molecule has 0 fully saturated rings. The second-order valence-corrected chi connectivity index (χ2v) is 5.76. The molecule has 1 atom stereocenters. The molecule has 0 heterocycles. The van der Waals surface area contributed by atoms with Crippen LogP contribution < -0.4 is 10.1 Å². The lowest BCUT2D eigenvalue weighted by Gasteiger charge is -2.25. The lowest BCUT2D eigenvalue weighted by molar-refractivity contribution is 0.181. The van der Waals surface area contributed by atoms with Gasteiger partial charge in [-0.25, -0.2) is 4.39 Å². The third kappa shape index (κ3) is 5.23. The Morgan fingerprint density at radius 3 is 2.56 bits per heavy atom.